The average molecular weight is 373 g/mol. The molecule has 104 valence electrons. The molecule has 0 aliphatic carbocycles. The van der Waals surface area contributed by atoms with Crippen molar-refractivity contribution in [3.05, 3.63) is 57.3 Å². The molecule has 0 radical (unpaired) electrons. The molecule has 0 saturated carbocycles. The highest BCUT2D eigenvalue weighted by Gasteiger charge is 2.21. The molecule has 0 aromatic heterocycles. The Hall–Kier alpha value is -0.710. The molecule has 0 saturated heterocycles. The molecule has 1 N–H and O–H groups in total. The van der Waals surface area contributed by atoms with Gasteiger partial charge in [0.1, 0.15) is 5.82 Å². The van der Waals surface area contributed by atoms with Gasteiger partial charge in [0, 0.05) is 20.1 Å². The molecule has 1 aliphatic heterocycles. The molecule has 1 nitrogen and oxygen atoms in total. The van der Waals surface area contributed by atoms with Gasteiger partial charge in [-0.15, -0.1) is 11.8 Å². The first-order valence-corrected chi connectivity index (χ1v) is 8.43. The van der Waals surface area contributed by atoms with Gasteiger partial charge in [-0.05, 0) is 48.4 Å². The van der Waals surface area contributed by atoms with E-state index in [2.05, 4.69) is 21.2 Å². The minimum Gasteiger partial charge on any atom is -0.376 e. The van der Waals surface area contributed by atoms with Gasteiger partial charge in [0.25, 0.3) is 0 Å². The number of benzene rings is 2. The molecule has 0 spiro atoms. The first-order valence-electron chi connectivity index (χ1n) is 6.27. The van der Waals surface area contributed by atoms with Gasteiger partial charge in [-0.25, -0.2) is 4.39 Å². The van der Waals surface area contributed by atoms with E-state index in [1.54, 1.807) is 6.07 Å². The van der Waals surface area contributed by atoms with Crippen molar-refractivity contribution in [1.82, 2.24) is 0 Å². The van der Waals surface area contributed by atoms with Crippen LogP contribution in [-0.2, 0) is 0 Å². The van der Waals surface area contributed by atoms with Crippen LogP contribution in [0, 0.1) is 5.82 Å². The van der Waals surface area contributed by atoms with E-state index in [0.29, 0.717) is 10.7 Å². The Morgan fingerprint density at radius 1 is 1.25 bits per heavy atom. The van der Waals surface area contributed by atoms with E-state index in [4.69, 9.17) is 11.6 Å². The predicted molar refractivity (Wildman–Crippen MR) is 87.3 cm³/mol. The second-order valence-electron chi connectivity index (χ2n) is 4.64. The third-order valence-corrected chi connectivity index (χ3v) is 5.12. The van der Waals surface area contributed by atoms with Crippen molar-refractivity contribution in [1.29, 1.82) is 0 Å². The number of hydrogen-bond donors (Lipinski definition) is 1. The summed E-state index contributed by atoms with van der Waals surface area (Å²) in [7, 11) is 0. The van der Waals surface area contributed by atoms with Crippen molar-refractivity contribution < 1.29 is 4.39 Å². The van der Waals surface area contributed by atoms with Crippen LogP contribution in [-0.4, -0.2) is 5.75 Å². The van der Waals surface area contributed by atoms with E-state index < -0.39 is 0 Å². The highest BCUT2D eigenvalue weighted by atomic mass is 79.9. The standard InChI is InChI=1S/C15H12BrClFNS/c16-9-1-3-14(12(18)7-9)19-13-5-6-20-15-4-2-10(17)8-11(13)15/h1-4,7-8,13,19H,5-6H2. The smallest absolute Gasteiger partial charge is 0.147 e. The zero-order valence-electron chi connectivity index (χ0n) is 10.5. The number of thioether (sulfide) groups is 1. The molecular formula is C15H12BrClFNS. The second-order valence-corrected chi connectivity index (χ2v) is 7.13. The van der Waals surface area contributed by atoms with Crippen LogP contribution in [0.15, 0.2) is 45.8 Å². The highest BCUT2D eigenvalue weighted by molar-refractivity contribution is 9.10. The summed E-state index contributed by atoms with van der Waals surface area (Å²) in [4.78, 5) is 1.22. The zero-order chi connectivity index (χ0) is 14.1. The first-order chi connectivity index (χ1) is 9.63. The van der Waals surface area contributed by atoms with Crippen LogP contribution >= 0.6 is 39.3 Å². The van der Waals surface area contributed by atoms with E-state index in [1.807, 2.05) is 36.0 Å². The van der Waals surface area contributed by atoms with Crippen LogP contribution in [0.3, 0.4) is 0 Å². The molecule has 0 fully saturated rings. The maximum atomic E-state index is 13.9. The molecular weight excluding hydrogens is 361 g/mol. The van der Waals surface area contributed by atoms with Crippen molar-refractivity contribution >= 4 is 45.0 Å². The Morgan fingerprint density at radius 2 is 2.10 bits per heavy atom. The molecule has 1 atom stereocenters. The van der Waals surface area contributed by atoms with Gasteiger partial charge in [0.15, 0.2) is 0 Å². The van der Waals surface area contributed by atoms with Gasteiger partial charge in [-0.1, -0.05) is 27.5 Å². The third kappa shape index (κ3) is 2.97. The SMILES string of the molecule is Fc1cc(Br)ccc1NC1CCSc2ccc(Cl)cc21. The van der Waals surface area contributed by atoms with Crippen molar-refractivity contribution in [2.75, 3.05) is 11.1 Å². The minimum absolute atomic E-state index is 0.0978. The normalized spacial score (nSPS) is 17.6. The van der Waals surface area contributed by atoms with Gasteiger partial charge in [0.05, 0.1) is 11.7 Å². The first kappa shape index (κ1) is 14.2. The van der Waals surface area contributed by atoms with Crippen molar-refractivity contribution in [3.8, 4) is 0 Å². The van der Waals surface area contributed by atoms with E-state index in [0.717, 1.165) is 22.2 Å². The largest absolute Gasteiger partial charge is 0.376 e. The Kier molecular flexibility index (Phi) is 4.24. The summed E-state index contributed by atoms with van der Waals surface area (Å²) in [6, 6.07) is 11.1. The molecule has 20 heavy (non-hydrogen) atoms. The third-order valence-electron chi connectivity index (χ3n) is 3.27. The molecule has 3 rings (SSSR count). The number of halogens is 3. The Labute approximate surface area is 135 Å². The number of nitrogens with one attached hydrogen (secondary N) is 1. The van der Waals surface area contributed by atoms with Crippen LogP contribution in [0.4, 0.5) is 10.1 Å². The fraction of sp³-hybridized carbons (Fsp3) is 0.200. The second kappa shape index (κ2) is 5.96. The topological polar surface area (TPSA) is 12.0 Å². The van der Waals surface area contributed by atoms with Crippen molar-refractivity contribution in [2.45, 2.75) is 17.4 Å². The summed E-state index contributed by atoms with van der Waals surface area (Å²) in [6.45, 7) is 0. The zero-order valence-corrected chi connectivity index (χ0v) is 13.7. The molecule has 0 amide bonds. The lowest BCUT2D eigenvalue weighted by Crippen LogP contribution is -2.16. The molecule has 1 heterocycles. The van der Waals surface area contributed by atoms with Crippen molar-refractivity contribution in [3.63, 3.8) is 0 Å². The van der Waals surface area contributed by atoms with Gasteiger partial charge in [-0.2, -0.15) is 0 Å². The van der Waals surface area contributed by atoms with Gasteiger partial charge >= 0.3 is 0 Å². The van der Waals surface area contributed by atoms with Crippen LogP contribution < -0.4 is 5.32 Å². The summed E-state index contributed by atoms with van der Waals surface area (Å²) in [6.07, 6.45) is 0.952. The minimum atomic E-state index is -0.249. The fourth-order valence-corrected chi connectivity index (χ4v) is 3.93. The lowest BCUT2D eigenvalue weighted by molar-refractivity contribution is 0.622. The molecule has 0 bridgehead atoms. The van der Waals surface area contributed by atoms with E-state index in [9.17, 15) is 4.39 Å². The van der Waals surface area contributed by atoms with Gasteiger partial charge in [0.2, 0.25) is 0 Å². The van der Waals surface area contributed by atoms with E-state index >= 15 is 0 Å². The maximum absolute atomic E-state index is 13.9. The molecule has 2 aromatic carbocycles. The molecule has 2 aromatic rings. The van der Waals surface area contributed by atoms with Crippen molar-refractivity contribution in [2.24, 2.45) is 0 Å². The highest BCUT2D eigenvalue weighted by Crippen LogP contribution is 2.39. The predicted octanol–water partition coefficient (Wildman–Crippen LogP) is 5.89. The molecule has 1 unspecified atom stereocenters. The van der Waals surface area contributed by atoms with Gasteiger partial charge < -0.3 is 5.32 Å². The van der Waals surface area contributed by atoms with Crippen LogP contribution in [0.5, 0.6) is 0 Å². The summed E-state index contributed by atoms with van der Waals surface area (Å²) < 4.78 is 14.7. The number of hydrogen-bond acceptors (Lipinski definition) is 2. The number of fused-ring (bicyclic) bond motifs is 1. The maximum Gasteiger partial charge on any atom is 0.147 e. The lowest BCUT2D eigenvalue weighted by Gasteiger charge is -2.27. The monoisotopic (exact) mass is 371 g/mol. The Bertz CT molecular complexity index is 650. The average Bonchev–Trinajstić information content (AvgIpc) is 2.42. The Balaban J connectivity index is 1.91. The van der Waals surface area contributed by atoms with E-state index in [-0.39, 0.29) is 11.9 Å². The molecule has 5 heteroatoms. The van der Waals surface area contributed by atoms with Crippen LogP contribution in [0.25, 0.3) is 0 Å². The van der Waals surface area contributed by atoms with Crippen LogP contribution in [0.2, 0.25) is 5.02 Å². The number of anilines is 1. The number of rotatable bonds is 2. The van der Waals surface area contributed by atoms with E-state index in [1.165, 1.54) is 11.0 Å². The summed E-state index contributed by atoms with van der Waals surface area (Å²) in [5.74, 6) is 0.769. The summed E-state index contributed by atoms with van der Waals surface area (Å²) >= 11 is 11.2. The fourth-order valence-electron chi connectivity index (χ4n) is 2.31. The summed E-state index contributed by atoms with van der Waals surface area (Å²) in [5.41, 5.74) is 1.67. The summed E-state index contributed by atoms with van der Waals surface area (Å²) in [5, 5.41) is 4.01. The molecule has 1 aliphatic rings. The Morgan fingerprint density at radius 3 is 2.90 bits per heavy atom. The lowest BCUT2D eigenvalue weighted by atomic mass is 10.0. The quantitative estimate of drug-likeness (QED) is 0.705. The van der Waals surface area contributed by atoms with Crippen LogP contribution in [0.1, 0.15) is 18.0 Å². The van der Waals surface area contributed by atoms with Gasteiger partial charge in [-0.3, -0.25) is 0 Å².